The minimum absolute atomic E-state index is 0.452. The Balaban J connectivity index is 0.000000150. The minimum atomic E-state index is 0.452. The van der Waals surface area contributed by atoms with Crippen LogP contribution in [0.15, 0.2) is 71.9 Å². The Morgan fingerprint density at radius 3 is 1.64 bits per heavy atom. The Bertz CT molecular complexity index is 2320. The topological polar surface area (TPSA) is 123 Å². The van der Waals surface area contributed by atoms with E-state index in [2.05, 4.69) is 92.7 Å². The number of hydrogen-bond donors (Lipinski definition) is 2. The van der Waals surface area contributed by atoms with Gasteiger partial charge in [-0.15, -0.1) is 0 Å². The lowest BCUT2D eigenvalue weighted by Crippen LogP contribution is -2.46. The summed E-state index contributed by atoms with van der Waals surface area (Å²) in [5.74, 6) is 2.60. The van der Waals surface area contributed by atoms with Crippen molar-refractivity contribution in [3.05, 3.63) is 94.4 Å². The fourth-order valence-electron chi connectivity index (χ4n) is 10.5. The zero-order chi connectivity index (χ0) is 41.1. The lowest BCUT2D eigenvalue weighted by atomic mass is 9.89. The minimum Gasteiger partial charge on any atom is -0.481 e. The van der Waals surface area contributed by atoms with Crippen LogP contribution in [0.5, 0.6) is 5.88 Å². The highest BCUT2D eigenvalue weighted by atomic mass is 79.9. The molecule has 0 spiro atoms. The first-order chi connectivity index (χ1) is 30.1. The summed E-state index contributed by atoms with van der Waals surface area (Å²) in [6.45, 7) is 7.86. The fourth-order valence-corrected chi connectivity index (χ4v) is 10.8. The maximum absolute atomic E-state index is 5.53. The SMILES string of the molecule is Brc1ccc2c(c1)-c1c(ncnc1NC1CCC(N3CCOCC3)CC1)C2.COc1cc(-c2ccc3c(c2)-c2c(ncnc2NC2CCC(N4CCOCC4)CC2)C3)ccn1. The van der Waals surface area contributed by atoms with Gasteiger partial charge in [0.15, 0.2) is 0 Å². The van der Waals surface area contributed by atoms with Crippen molar-refractivity contribution in [1.29, 1.82) is 0 Å². The Labute approximate surface area is 367 Å². The molecule has 0 bridgehead atoms. The zero-order valence-electron chi connectivity index (χ0n) is 35.1. The molecule has 4 aliphatic carbocycles. The highest BCUT2D eigenvalue weighted by Gasteiger charge is 2.31. The maximum Gasteiger partial charge on any atom is 0.213 e. The van der Waals surface area contributed by atoms with Crippen LogP contribution in [0.4, 0.5) is 11.6 Å². The maximum atomic E-state index is 5.53. The molecule has 2 aliphatic heterocycles. The summed E-state index contributed by atoms with van der Waals surface area (Å²) in [4.78, 5) is 28.0. The highest BCUT2D eigenvalue weighted by Crippen LogP contribution is 2.43. The molecule has 5 aromatic rings. The average Bonchev–Trinajstić information content (AvgIpc) is 3.89. The van der Waals surface area contributed by atoms with Crippen molar-refractivity contribution in [2.45, 2.75) is 88.4 Å². The van der Waals surface area contributed by atoms with E-state index in [1.165, 1.54) is 79.2 Å². The molecule has 12 nitrogen and oxygen atoms in total. The summed E-state index contributed by atoms with van der Waals surface area (Å²) in [5.41, 5.74) is 12.0. The third-order valence-electron chi connectivity index (χ3n) is 13.8. The molecule has 13 heteroatoms. The van der Waals surface area contributed by atoms with E-state index in [-0.39, 0.29) is 0 Å². The number of methoxy groups -OCH3 is 1. The van der Waals surface area contributed by atoms with Crippen molar-refractivity contribution in [3.8, 4) is 39.3 Å². The van der Waals surface area contributed by atoms with E-state index in [0.29, 0.717) is 24.0 Å². The van der Waals surface area contributed by atoms with Gasteiger partial charge < -0.3 is 24.8 Å². The first kappa shape index (κ1) is 40.5. The first-order valence-electron chi connectivity index (χ1n) is 22.3. The summed E-state index contributed by atoms with van der Waals surface area (Å²) in [6.07, 6.45) is 16.7. The smallest absolute Gasteiger partial charge is 0.213 e. The summed E-state index contributed by atoms with van der Waals surface area (Å²) >= 11 is 3.61. The van der Waals surface area contributed by atoms with E-state index < -0.39 is 0 Å². The van der Waals surface area contributed by atoms with E-state index in [9.17, 15) is 0 Å². The number of nitrogens with zero attached hydrogens (tertiary/aromatic N) is 7. The van der Waals surface area contributed by atoms with Gasteiger partial charge in [0.25, 0.3) is 0 Å². The molecule has 0 radical (unpaired) electrons. The molecular formula is C48H56BrN9O3. The van der Waals surface area contributed by atoms with Crippen molar-refractivity contribution in [2.75, 3.05) is 70.3 Å². The molecule has 2 saturated heterocycles. The third-order valence-corrected chi connectivity index (χ3v) is 14.3. The average molecular weight is 887 g/mol. The quantitative estimate of drug-likeness (QED) is 0.154. The number of nitrogens with one attached hydrogen (secondary N) is 2. The molecule has 61 heavy (non-hydrogen) atoms. The van der Waals surface area contributed by atoms with Gasteiger partial charge in [-0.2, -0.15) is 0 Å². The van der Waals surface area contributed by atoms with Gasteiger partial charge >= 0.3 is 0 Å². The Kier molecular flexibility index (Phi) is 12.3. The van der Waals surface area contributed by atoms with Gasteiger partial charge in [0.2, 0.25) is 5.88 Å². The Morgan fingerprint density at radius 2 is 1.10 bits per heavy atom. The van der Waals surface area contributed by atoms with Crippen LogP contribution < -0.4 is 15.4 Å². The number of hydrogen-bond acceptors (Lipinski definition) is 12. The van der Waals surface area contributed by atoms with Crippen molar-refractivity contribution in [1.82, 2.24) is 34.7 Å². The summed E-state index contributed by atoms with van der Waals surface area (Å²) in [7, 11) is 1.65. The molecule has 3 aromatic heterocycles. The molecule has 11 rings (SSSR count). The molecule has 5 heterocycles. The Morgan fingerprint density at radius 1 is 0.590 bits per heavy atom. The third kappa shape index (κ3) is 8.90. The summed E-state index contributed by atoms with van der Waals surface area (Å²) in [6, 6.07) is 19.5. The molecule has 0 unspecified atom stereocenters. The van der Waals surface area contributed by atoms with Gasteiger partial charge in [0.1, 0.15) is 24.3 Å². The van der Waals surface area contributed by atoms with Crippen molar-refractivity contribution < 1.29 is 14.2 Å². The van der Waals surface area contributed by atoms with Crippen LogP contribution >= 0.6 is 15.9 Å². The number of halogens is 1. The standard InChI is InChI=1S/C27H31N5O2.C21H25BrN4O/c1-33-25-16-19(8-9-28-25)18-2-3-20-15-24-26(23(20)14-18)27(30-17-29-24)31-21-4-6-22(7-5-21)32-10-12-34-13-11-32;22-15-2-1-14-11-19-20(18(14)12-15)21(24-13-23-19)25-16-3-5-17(6-4-16)26-7-9-27-10-8-26/h2-3,8-9,14,16-17,21-22H,4-7,10-13,15H2,1H3,(H,29,30,31);1-2,12-13,16-17H,3-11H2,(H,23,24,25). The van der Waals surface area contributed by atoms with Crippen LogP contribution in [-0.4, -0.2) is 119 Å². The van der Waals surface area contributed by atoms with Gasteiger partial charge in [-0.1, -0.05) is 34.1 Å². The monoisotopic (exact) mass is 885 g/mol. The van der Waals surface area contributed by atoms with E-state index in [0.717, 1.165) is 116 Å². The van der Waals surface area contributed by atoms with Crippen molar-refractivity contribution >= 4 is 27.6 Å². The summed E-state index contributed by atoms with van der Waals surface area (Å²) < 4.78 is 17.5. The fraction of sp³-hybridized carbons (Fsp3) is 0.479. The number of anilines is 2. The van der Waals surface area contributed by atoms with Gasteiger partial charge in [-0.05, 0) is 109 Å². The Hall–Kier alpha value is -4.53. The van der Waals surface area contributed by atoms with Crippen molar-refractivity contribution in [2.24, 2.45) is 0 Å². The molecule has 318 valence electrons. The number of fused-ring (bicyclic) bond motifs is 6. The molecule has 2 aromatic carbocycles. The number of ether oxygens (including phenoxy) is 3. The first-order valence-corrected chi connectivity index (χ1v) is 23.1. The van der Waals surface area contributed by atoms with Crippen LogP contribution in [0.1, 0.15) is 73.9 Å². The van der Waals surface area contributed by atoms with Gasteiger partial charge in [0, 0.05) is 91.1 Å². The van der Waals surface area contributed by atoms with Gasteiger partial charge in [-0.25, -0.2) is 24.9 Å². The predicted molar refractivity (Wildman–Crippen MR) is 242 cm³/mol. The number of aromatic nitrogens is 5. The van der Waals surface area contributed by atoms with Crippen LogP contribution in [0.3, 0.4) is 0 Å². The highest BCUT2D eigenvalue weighted by molar-refractivity contribution is 9.10. The van der Waals surface area contributed by atoms with Gasteiger partial charge in [-0.3, -0.25) is 9.80 Å². The number of rotatable bonds is 8. The van der Waals surface area contributed by atoms with E-state index in [1.54, 1.807) is 26.0 Å². The second-order valence-electron chi connectivity index (χ2n) is 17.3. The van der Waals surface area contributed by atoms with Crippen LogP contribution in [0, 0.1) is 0 Å². The number of pyridine rings is 1. The van der Waals surface area contributed by atoms with E-state index in [1.807, 2.05) is 12.1 Å². The molecule has 2 N–H and O–H groups in total. The summed E-state index contributed by atoms with van der Waals surface area (Å²) in [5, 5.41) is 7.55. The lowest BCUT2D eigenvalue weighted by Gasteiger charge is -2.39. The van der Waals surface area contributed by atoms with Crippen LogP contribution in [-0.2, 0) is 22.3 Å². The van der Waals surface area contributed by atoms with Crippen LogP contribution in [0.2, 0.25) is 0 Å². The number of morpholine rings is 2. The molecule has 0 atom stereocenters. The van der Waals surface area contributed by atoms with E-state index >= 15 is 0 Å². The predicted octanol–water partition coefficient (Wildman–Crippen LogP) is 8.04. The molecule has 6 aliphatic rings. The normalized spacial score (nSPS) is 23.4. The molecule has 0 amide bonds. The zero-order valence-corrected chi connectivity index (χ0v) is 36.7. The lowest BCUT2D eigenvalue weighted by molar-refractivity contribution is 0.00788. The molecule has 4 fully saturated rings. The molecule has 2 saturated carbocycles. The van der Waals surface area contributed by atoms with E-state index in [4.69, 9.17) is 19.2 Å². The second-order valence-corrected chi connectivity index (χ2v) is 18.2. The number of benzene rings is 2. The molecular weight excluding hydrogens is 830 g/mol. The van der Waals surface area contributed by atoms with Crippen molar-refractivity contribution in [3.63, 3.8) is 0 Å². The van der Waals surface area contributed by atoms with Gasteiger partial charge in [0.05, 0.1) is 44.9 Å². The second kappa shape index (κ2) is 18.4. The van der Waals surface area contributed by atoms with Crippen LogP contribution in [0.25, 0.3) is 33.4 Å². The largest absolute Gasteiger partial charge is 0.481 e.